The van der Waals surface area contributed by atoms with Crippen LogP contribution in [0.5, 0.6) is 0 Å². The first kappa shape index (κ1) is 18.8. The Bertz CT molecular complexity index is 1300. The molecule has 0 aliphatic heterocycles. The van der Waals surface area contributed by atoms with Crippen molar-refractivity contribution in [3.63, 3.8) is 0 Å². The number of aromatic nitrogens is 2. The molecule has 28 heavy (non-hydrogen) atoms. The predicted octanol–water partition coefficient (Wildman–Crippen LogP) is 4.19. The van der Waals surface area contributed by atoms with E-state index in [1.807, 2.05) is 13.0 Å². The summed E-state index contributed by atoms with van der Waals surface area (Å²) in [5.74, 6) is -0.816. The van der Waals surface area contributed by atoms with Gasteiger partial charge in [-0.15, -0.1) is 11.3 Å². The van der Waals surface area contributed by atoms with Crippen molar-refractivity contribution in [3.8, 4) is 0 Å². The van der Waals surface area contributed by atoms with Gasteiger partial charge in [-0.2, -0.15) is 4.99 Å². The van der Waals surface area contributed by atoms with Gasteiger partial charge >= 0.3 is 5.97 Å². The Morgan fingerprint density at radius 2 is 2.07 bits per heavy atom. The number of aryl methyl sites for hydroxylation is 1. The maximum Gasteiger partial charge on any atom is 0.325 e. The van der Waals surface area contributed by atoms with Gasteiger partial charge in [-0.3, -0.25) is 9.59 Å². The number of hydrogen-bond donors (Lipinski definition) is 0. The molecule has 1 amide bonds. The molecule has 2 heterocycles. The smallest absolute Gasteiger partial charge is 0.325 e. The summed E-state index contributed by atoms with van der Waals surface area (Å²) in [6, 6.07) is 8.93. The van der Waals surface area contributed by atoms with Crippen molar-refractivity contribution in [2.75, 3.05) is 7.11 Å². The second kappa shape index (κ2) is 7.46. The number of esters is 1. The lowest BCUT2D eigenvalue weighted by molar-refractivity contribution is -0.141. The first-order valence-electron chi connectivity index (χ1n) is 8.25. The summed E-state index contributed by atoms with van der Waals surface area (Å²) in [7, 11) is 1.32. The van der Waals surface area contributed by atoms with Gasteiger partial charge in [-0.05, 0) is 42.8 Å². The normalized spacial score (nSPS) is 12.0. The van der Waals surface area contributed by atoms with Gasteiger partial charge in [0.25, 0.3) is 5.91 Å². The molecule has 0 radical (unpaired) electrons. The van der Waals surface area contributed by atoms with E-state index < -0.39 is 5.97 Å². The number of halogens is 1. The molecule has 0 saturated carbocycles. The zero-order valence-electron chi connectivity index (χ0n) is 14.9. The lowest BCUT2D eigenvalue weighted by Gasteiger charge is -2.07. The van der Waals surface area contributed by atoms with Crippen molar-refractivity contribution < 1.29 is 14.3 Å². The molecule has 2 aromatic carbocycles. The monoisotopic (exact) mass is 431 g/mol. The maximum absolute atomic E-state index is 12.8. The Morgan fingerprint density at radius 1 is 1.25 bits per heavy atom. The molecular weight excluding hydrogens is 418 g/mol. The molecule has 0 aliphatic rings. The zero-order chi connectivity index (χ0) is 19.8. The number of nitrogens with zero attached hydrogens (tertiary/aromatic N) is 3. The quantitative estimate of drug-likeness (QED) is 0.456. The number of fused-ring (bicyclic) bond motifs is 2. The van der Waals surface area contributed by atoms with Gasteiger partial charge in [0.1, 0.15) is 6.54 Å². The van der Waals surface area contributed by atoms with E-state index in [4.69, 9.17) is 16.3 Å². The van der Waals surface area contributed by atoms with Crippen LogP contribution in [0.1, 0.15) is 15.9 Å². The average molecular weight is 432 g/mol. The Hall–Kier alpha value is -2.55. The molecule has 6 nitrogen and oxygen atoms in total. The predicted molar refractivity (Wildman–Crippen MR) is 111 cm³/mol. The van der Waals surface area contributed by atoms with Crippen LogP contribution in [0.15, 0.2) is 40.8 Å². The van der Waals surface area contributed by atoms with Crippen LogP contribution in [0.2, 0.25) is 5.02 Å². The third kappa shape index (κ3) is 3.34. The van der Waals surface area contributed by atoms with Gasteiger partial charge in [0.05, 0.1) is 33.1 Å². The SMILES string of the molecule is COC(=O)Cn1c(=NC(=O)c2ccc3ncsc3c2)sc2ccc(Cl)c(C)c21. The van der Waals surface area contributed by atoms with Gasteiger partial charge in [0, 0.05) is 10.6 Å². The third-order valence-electron chi connectivity index (χ3n) is 4.32. The summed E-state index contributed by atoms with van der Waals surface area (Å²) in [6.07, 6.45) is 0. The van der Waals surface area contributed by atoms with Gasteiger partial charge in [-0.1, -0.05) is 22.9 Å². The molecule has 4 aromatic rings. The Morgan fingerprint density at radius 3 is 2.86 bits per heavy atom. The Balaban J connectivity index is 1.88. The Labute approximate surface area is 172 Å². The molecular formula is C19H14ClN3O3S2. The second-order valence-electron chi connectivity index (χ2n) is 6.02. The van der Waals surface area contributed by atoms with E-state index in [1.165, 1.54) is 29.8 Å². The summed E-state index contributed by atoms with van der Waals surface area (Å²) >= 11 is 9.05. The summed E-state index contributed by atoms with van der Waals surface area (Å²) in [6.45, 7) is 1.81. The minimum absolute atomic E-state index is 0.0579. The highest BCUT2D eigenvalue weighted by Gasteiger charge is 2.15. The van der Waals surface area contributed by atoms with Crippen LogP contribution in [0, 0.1) is 6.92 Å². The number of hydrogen-bond acceptors (Lipinski definition) is 6. The lowest BCUT2D eigenvalue weighted by atomic mass is 10.2. The Kier molecular flexibility index (Phi) is 5.01. The minimum Gasteiger partial charge on any atom is -0.468 e. The number of amides is 1. The van der Waals surface area contributed by atoms with E-state index in [0.717, 1.165) is 26.0 Å². The molecule has 2 aromatic heterocycles. The molecule has 0 fully saturated rings. The van der Waals surface area contributed by atoms with Crippen LogP contribution < -0.4 is 4.80 Å². The lowest BCUT2D eigenvalue weighted by Crippen LogP contribution is -2.22. The average Bonchev–Trinajstić information content (AvgIpc) is 3.29. The number of carbonyl (C=O) groups excluding carboxylic acids is 2. The van der Waals surface area contributed by atoms with Crippen LogP contribution >= 0.6 is 34.3 Å². The van der Waals surface area contributed by atoms with Gasteiger partial charge < -0.3 is 9.30 Å². The third-order valence-corrected chi connectivity index (χ3v) is 6.57. The first-order valence-corrected chi connectivity index (χ1v) is 10.3. The topological polar surface area (TPSA) is 73.6 Å². The molecule has 0 atom stereocenters. The summed E-state index contributed by atoms with van der Waals surface area (Å²) < 4.78 is 8.29. The minimum atomic E-state index is -0.431. The highest BCUT2D eigenvalue weighted by atomic mass is 35.5. The van der Waals surface area contributed by atoms with E-state index in [-0.39, 0.29) is 12.5 Å². The van der Waals surface area contributed by atoms with E-state index in [9.17, 15) is 9.59 Å². The number of ether oxygens (including phenoxy) is 1. The fourth-order valence-electron chi connectivity index (χ4n) is 2.88. The van der Waals surface area contributed by atoms with E-state index in [1.54, 1.807) is 34.3 Å². The molecule has 0 saturated heterocycles. The van der Waals surface area contributed by atoms with E-state index >= 15 is 0 Å². The van der Waals surface area contributed by atoms with E-state index in [2.05, 4.69) is 9.98 Å². The van der Waals surface area contributed by atoms with Gasteiger partial charge in [0.15, 0.2) is 4.80 Å². The first-order chi connectivity index (χ1) is 13.5. The van der Waals surface area contributed by atoms with Crippen molar-refractivity contribution in [1.82, 2.24) is 9.55 Å². The molecule has 4 rings (SSSR count). The van der Waals surface area contributed by atoms with Crippen molar-refractivity contribution in [2.24, 2.45) is 4.99 Å². The van der Waals surface area contributed by atoms with Gasteiger partial charge in [-0.25, -0.2) is 4.98 Å². The summed E-state index contributed by atoms with van der Waals surface area (Å²) in [5.41, 5.74) is 4.63. The molecule has 0 spiro atoms. The number of methoxy groups -OCH3 is 1. The van der Waals surface area contributed by atoms with Crippen molar-refractivity contribution in [2.45, 2.75) is 13.5 Å². The van der Waals surface area contributed by atoms with Crippen LogP contribution in [-0.4, -0.2) is 28.5 Å². The summed E-state index contributed by atoms with van der Waals surface area (Å²) in [4.78, 5) is 33.7. The van der Waals surface area contributed by atoms with Crippen LogP contribution in [0.3, 0.4) is 0 Å². The zero-order valence-corrected chi connectivity index (χ0v) is 17.3. The molecule has 0 aliphatic carbocycles. The van der Waals surface area contributed by atoms with Crippen molar-refractivity contribution in [1.29, 1.82) is 0 Å². The molecule has 0 unspecified atom stereocenters. The van der Waals surface area contributed by atoms with Crippen molar-refractivity contribution >= 4 is 66.6 Å². The number of carbonyl (C=O) groups is 2. The van der Waals surface area contributed by atoms with Crippen LogP contribution in [0.4, 0.5) is 0 Å². The molecule has 0 bridgehead atoms. The number of rotatable bonds is 3. The number of benzene rings is 2. The van der Waals surface area contributed by atoms with Gasteiger partial charge in [0.2, 0.25) is 0 Å². The van der Waals surface area contributed by atoms with Crippen molar-refractivity contribution in [3.05, 3.63) is 56.8 Å². The van der Waals surface area contributed by atoms with Crippen LogP contribution in [-0.2, 0) is 16.1 Å². The second-order valence-corrected chi connectivity index (χ2v) is 8.32. The molecule has 142 valence electrons. The molecule has 9 heteroatoms. The highest BCUT2D eigenvalue weighted by molar-refractivity contribution is 7.17. The summed E-state index contributed by atoms with van der Waals surface area (Å²) in [5, 5.41) is 0.581. The largest absolute Gasteiger partial charge is 0.468 e. The maximum atomic E-state index is 12.8. The van der Waals surface area contributed by atoms with Crippen LogP contribution in [0.25, 0.3) is 20.4 Å². The fraction of sp³-hybridized carbons (Fsp3) is 0.158. The number of thiazole rings is 2. The standard InChI is InChI=1S/C19H14ClN3O3S2/c1-10-12(20)4-6-14-17(10)23(8-16(24)26-2)19(28-14)22-18(25)11-3-5-13-15(7-11)27-9-21-13/h3-7,9H,8H2,1-2H3. The molecule has 0 N–H and O–H groups in total. The highest BCUT2D eigenvalue weighted by Crippen LogP contribution is 2.27. The van der Waals surface area contributed by atoms with E-state index in [0.29, 0.717) is 15.4 Å². The fourth-order valence-corrected chi connectivity index (χ4v) is 4.84.